The first-order valence-corrected chi connectivity index (χ1v) is 7.90. The largest absolute Gasteiger partial charge is 0.444 e. The Hall–Kier alpha value is -0.820. The lowest BCUT2D eigenvalue weighted by atomic mass is 10.0. The molecule has 0 radical (unpaired) electrons. The Kier molecular flexibility index (Phi) is 4.90. The molecular formula is C15H21IN2O2. The van der Waals surface area contributed by atoms with Gasteiger partial charge in [0.2, 0.25) is 0 Å². The van der Waals surface area contributed by atoms with E-state index in [0.717, 1.165) is 18.7 Å². The van der Waals surface area contributed by atoms with Gasteiger partial charge in [0.1, 0.15) is 5.60 Å². The van der Waals surface area contributed by atoms with E-state index >= 15 is 0 Å². The van der Waals surface area contributed by atoms with Gasteiger partial charge in [-0.25, -0.2) is 4.79 Å². The number of carbonyl (C=O) groups excluding carboxylic acids is 1. The maximum atomic E-state index is 12.4. The van der Waals surface area contributed by atoms with Crippen LogP contribution in [0, 0.1) is 3.57 Å². The van der Waals surface area contributed by atoms with Crippen molar-refractivity contribution >= 4 is 28.7 Å². The second-order valence-corrected chi connectivity index (χ2v) is 7.19. The lowest BCUT2D eigenvalue weighted by Gasteiger charge is -2.37. The highest BCUT2D eigenvalue weighted by Gasteiger charge is 2.31. The minimum atomic E-state index is -0.461. The topological polar surface area (TPSA) is 41.6 Å². The van der Waals surface area contributed by atoms with Gasteiger partial charge in [-0.2, -0.15) is 0 Å². The first-order chi connectivity index (χ1) is 9.37. The summed E-state index contributed by atoms with van der Waals surface area (Å²) in [5.74, 6) is 0. The van der Waals surface area contributed by atoms with Crippen LogP contribution in [0.4, 0.5) is 4.79 Å². The third-order valence-corrected chi connectivity index (χ3v) is 3.78. The van der Waals surface area contributed by atoms with E-state index in [1.807, 2.05) is 31.7 Å². The van der Waals surface area contributed by atoms with E-state index in [-0.39, 0.29) is 12.1 Å². The molecule has 1 aliphatic rings. The van der Waals surface area contributed by atoms with Gasteiger partial charge in [0, 0.05) is 23.2 Å². The number of nitrogens with one attached hydrogen (secondary N) is 1. The van der Waals surface area contributed by atoms with Gasteiger partial charge in [-0.15, -0.1) is 0 Å². The average molecular weight is 388 g/mol. The molecule has 5 heteroatoms. The number of ether oxygens (including phenoxy) is 1. The van der Waals surface area contributed by atoms with Gasteiger partial charge in [-0.1, -0.05) is 12.1 Å². The van der Waals surface area contributed by atoms with Crippen LogP contribution in [0.1, 0.15) is 32.4 Å². The molecule has 0 aromatic heterocycles. The van der Waals surface area contributed by atoms with Crippen LogP contribution in [0.15, 0.2) is 24.3 Å². The van der Waals surface area contributed by atoms with Crippen LogP contribution >= 0.6 is 22.6 Å². The fourth-order valence-corrected chi connectivity index (χ4v) is 2.82. The molecule has 1 aromatic rings. The highest BCUT2D eigenvalue weighted by atomic mass is 127. The number of nitrogens with zero attached hydrogens (tertiary/aromatic N) is 1. The molecule has 1 N–H and O–H groups in total. The molecule has 0 bridgehead atoms. The molecule has 4 nitrogen and oxygen atoms in total. The number of carbonyl (C=O) groups is 1. The lowest BCUT2D eigenvalue weighted by Crippen LogP contribution is -2.50. The number of halogens is 1. The molecule has 1 amide bonds. The summed E-state index contributed by atoms with van der Waals surface area (Å²) in [5, 5.41) is 3.35. The number of hydrogen-bond acceptors (Lipinski definition) is 3. The van der Waals surface area contributed by atoms with Crippen molar-refractivity contribution in [2.75, 3.05) is 19.6 Å². The lowest BCUT2D eigenvalue weighted by molar-refractivity contribution is 0.0118. The number of rotatable bonds is 1. The Bertz CT molecular complexity index is 485. The van der Waals surface area contributed by atoms with E-state index < -0.39 is 5.60 Å². The second kappa shape index (κ2) is 6.30. The molecule has 110 valence electrons. The van der Waals surface area contributed by atoms with Crippen molar-refractivity contribution in [3.05, 3.63) is 33.4 Å². The van der Waals surface area contributed by atoms with Crippen molar-refractivity contribution in [2.24, 2.45) is 0 Å². The molecule has 0 spiro atoms. The standard InChI is InChI=1S/C15H21IN2O2/c1-15(2,3)20-14(19)18-8-7-17-10-13(18)11-5-4-6-12(16)9-11/h4-6,9,13,17H,7-8,10H2,1-3H3. The van der Waals surface area contributed by atoms with Crippen LogP contribution in [-0.2, 0) is 4.74 Å². The summed E-state index contributed by atoms with van der Waals surface area (Å²) in [5.41, 5.74) is 0.687. The maximum absolute atomic E-state index is 12.4. The summed E-state index contributed by atoms with van der Waals surface area (Å²) in [4.78, 5) is 14.2. The predicted octanol–water partition coefficient (Wildman–Crippen LogP) is 3.17. The Morgan fingerprint density at radius 1 is 1.45 bits per heavy atom. The molecule has 20 heavy (non-hydrogen) atoms. The van der Waals surface area contributed by atoms with Crippen LogP contribution in [-0.4, -0.2) is 36.2 Å². The quantitative estimate of drug-likeness (QED) is 0.752. The molecule has 1 heterocycles. The summed E-state index contributed by atoms with van der Waals surface area (Å²) in [7, 11) is 0. The molecule has 0 saturated carbocycles. The molecule has 0 aliphatic carbocycles. The third-order valence-electron chi connectivity index (χ3n) is 3.10. The zero-order valence-corrected chi connectivity index (χ0v) is 14.3. The number of benzene rings is 1. The monoisotopic (exact) mass is 388 g/mol. The smallest absolute Gasteiger partial charge is 0.410 e. The van der Waals surface area contributed by atoms with Crippen molar-refractivity contribution in [2.45, 2.75) is 32.4 Å². The van der Waals surface area contributed by atoms with Crippen LogP contribution < -0.4 is 5.32 Å². The van der Waals surface area contributed by atoms with Gasteiger partial charge in [0.15, 0.2) is 0 Å². The van der Waals surface area contributed by atoms with Gasteiger partial charge in [-0.05, 0) is 61.1 Å². The molecule has 1 unspecified atom stereocenters. The highest BCUT2D eigenvalue weighted by Crippen LogP contribution is 2.25. The Morgan fingerprint density at radius 2 is 2.20 bits per heavy atom. The Labute approximate surface area is 134 Å². The van der Waals surface area contributed by atoms with Crippen LogP contribution in [0.3, 0.4) is 0 Å². The van der Waals surface area contributed by atoms with Gasteiger partial charge >= 0.3 is 6.09 Å². The van der Waals surface area contributed by atoms with Crippen molar-refractivity contribution in [1.82, 2.24) is 10.2 Å². The predicted molar refractivity (Wildman–Crippen MR) is 87.7 cm³/mol. The summed E-state index contributed by atoms with van der Waals surface area (Å²) in [6.07, 6.45) is -0.233. The molecule has 1 aliphatic heterocycles. The van der Waals surface area contributed by atoms with Gasteiger partial charge in [-0.3, -0.25) is 4.90 Å². The average Bonchev–Trinajstić information content (AvgIpc) is 2.37. The van der Waals surface area contributed by atoms with Crippen molar-refractivity contribution in [3.63, 3.8) is 0 Å². The fourth-order valence-electron chi connectivity index (χ4n) is 2.26. The summed E-state index contributed by atoms with van der Waals surface area (Å²) >= 11 is 2.29. The van der Waals surface area contributed by atoms with Crippen LogP contribution in [0.2, 0.25) is 0 Å². The Morgan fingerprint density at radius 3 is 2.85 bits per heavy atom. The Balaban J connectivity index is 2.19. The van der Waals surface area contributed by atoms with Gasteiger partial charge < -0.3 is 10.1 Å². The molecule has 2 rings (SSSR count). The molecule has 1 fully saturated rings. The van der Waals surface area contributed by atoms with E-state index in [4.69, 9.17) is 4.74 Å². The van der Waals surface area contributed by atoms with Crippen molar-refractivity contribution < 1.29 is 9.53 Å². The first kappa shape index (κ1) is 15.6. The van der Waals surface area contributed by atoms with E-state index in [1.165, 1.54) is 3.57 Å². The SMILES string of the molecule is CC(C)(C)OC(=O)N1CCNCC1c1cccc(I)c1. The highest BCUT2D eigenvalue weighted by molar-refractivity contribution is 14.1. The zero-order chi connectivity index (χ0) is 14.8. The molecule has 1 aromatic carbocycles. The number of hydrogen-bond donors (Lipinski definition) is 1. The normalized spacial score (nSPS) is 19.8. The van der Waals surface area contributed by atoms with Crippen LogP contribution in [0.25, 0.3) is 0 Å². The number of piperazine rings is 1. The fraction of sp³-hybridized carbons (Fsp3) is 0.533. The van der Waals surface area contributed by atoms with E-state index in [0.29, 0.717) is 6.54 Å². The van der Waals surface area contributed by atoms with Crippen molar-refractivity contribution in [1.29, 1.82) is 0 Å². The van der Waals surface area contributed by atoms with E-state index in [2.05, 4.69) is 46.1 Å². The van der Waals surface area contributed by atoms with Gasteiger partial charge in [0.05, 0.1) is 6.04 Å². The second-order valence-electron chi connectivity index (χ2n) is 5.95. The summed E-state index contributed by atoms with van der Waals surface area (Å²) in [6, 6.07) is 8.30. The maximum Gasteiger partial charge on any atom is 0.410 e. The summed E-state index contributed by atoms with van der Waals surface area (Å²) < 4.78 is 6.69. The first-order valence-electron chi connectivity index (χ1n) is 6.82. The molecular weight excluding hydrogens is 367 g/mol. The van der Waals surface area contributed by atoms with Crippen LogP contribution in [0.5, 0.6) is 0 Å². The molecule has 1 saturated heterocycles. The van der Waals surface area contributed by atoms with Crippen molar-refractivity contribution in [3.8, 4) is 0 Å². The van der Waals surface area contributed by atoms with E-state index in [9.17, 15) is 4.79 Å². The van der Waals surface area contributed by atoms with Gasteiger partial charge in [0.25, 0.3) is 0 Å². The minimum Gasteiger partial charge on any atom is -0.444 e. The van der Waals surface area contributed by atoms with E-state index in [1.54, 1.807) is 0 Å². The third kappa shape index (κ3) is 4.09. The molecule has 1 atom stereocenters. The number of amides is 1. The minimum absolute atomic E-state index is 0.0355. The summed E-state index contributed by atoms with van der Waals surface area (Å²) in [6.45, 7) is 7.93. The zero-order valence-electron chi connectivity index (χ0n) is 12.1.